The van der Waals surface area contributed by atoms with E-state index in [0.717, 1.165) is 12.3 Å². The monoisotopic (exact) mass is 449 g/mol. The first-order valence-electron chi connectivity index (χ1n) is 6.67. The normalized spacial score (nSPS) is 16.8. The molecular weight excluding hydrogens is 442 g/mol. The Balaban J connectivity index is 2.32. The molecule has 0 bridgehead atoms. The van der Waals surface area contributed by atoms with Crippen LogP contribution in [0.1, 0.15) is 13.8 Å². The molecule has 1 saturated heterocycles. The molecule has 0 saturated carbocycles. The summed E-state index contributed by atoms with van der Waals surface area (Å²) in [6.45, 7) is 2.75. The summed E-state index contributed by atoms with van der Waals surface area (Å²) in [7, 11) is 0. The second-order valence-corrected chi connectivity index (χ2v) is 7.56. The molecule has 1 aliphatic heterocycles. The van der Waals surface area contributed by atoms with E-state index in [2.05, 4.69) is 5.32 Å². The van der Waals surface area contributed by atoms with Crippen LogP contribution in [0.15, 0.2) is 22.7 Å². The maximum Gasteiger partial charge on any atom is 0.446 e. The van der Waals surface area contributed by atoms with Crippen LogP contribution in [0.25, 0.3) is 0 Å². The van der Waals surface area contributed by atoms with Gasteiger partial charge >= 0.3 is 17.4 Å². The Kier molecular flexibility index (Phi) is 5.96. The summed E-state index contributed by atoms with van der Waals surface area (Å²) in [5.74, 6) is -3.33. The van der Waals surface area contributed by atoms with Crippen molar-refractivity contribution < 1.29 is 32.2 Å². The molecule has 1 aromatic carbocycles. The number of hydrogen-bond donors (Lipinski definition) is 1. The number of carbonyl (C=O) groups is 2. The Morgan fingerprint density at radius 1 is 1.12 bits per heavy atom. The lowest BCUT2D eigenvalue weighted by Crippen LogP contribution is -2.42. The van der Waals surface area contributed by atoms with Crippen LogP contribution in [0.4, 0.5) is 18.9 Å². The van der Waals surface area contributed by atoms with Crippen molar-refractivity contribution >= 4 is 64.2 Å². The van der Waals surface area contributed by atoms with E-state index in [1.54, 1.807) is 0 Å². The third-order valence-electron chi connectivity index (χ3n) is 2.83. The van der Waals surface area contributed by atoms with Gasteiger partial charge in [0.15, 0.2) is 5.57 Å². The molecule has 1 N–H and O–H groups in total. The Hall–Kier alpha value is -1.29. The van der Waals surface area contributed by atoms with Gasteiger partial charge in [-0.15, -0.1) is 0 Å². The van der Waals surface area contributed by atoms with Crippen LogP contribution in [0.5, 0.6) is 0 Å². The van der Waals surface area contributed by atoms with Crippen LogP contribution in [-0.4, -0.2) is 23.2 Å². The molecule has 0 unspecified atom stereocenters. The highest BCUT2D eigenvalue weighted by Crippen LogP contribution is 2.47. The van der Waals surface area contributed by atoms with Gasteiger partial charge in [0.2, 0.25) is 0 Å². The molecule has 1 aliphatic rings. The zero-order valence-corrected chi connectivity index (χ0v) is 16.0. The number of cyclic esters (lactones) is 2. The second kappa shape index (κ2) is 7.38. The number of alkyl halides is 3. The molecule has 1 fully saturated rings. The largest absolute Gasteiger partial charge is 0.446 e. The molecule has 1 aromatic rings. The molecule has 0 atom stereocenters. The van der Waals surface area contributed by atoms with Gasteiger partial charge in [-0.2, -0.15) is 13.2 Å². The minimum Gasteiger partial charge on any atom is -0.419 e. The molecule has 5 nitrogen and oxygen atoms in total. The minimum absolute atomic E-state index is 0.0946. The zero-order chi connectivity index (χ0) is 19.9. The molecule has 0 aromatic heterocycles. The quantitative estimate of drug-likeness (QED) is 0.219. The molecule has 0 spiro atoms. The first-order chi connectivity index (χ1) is 11.8. The molecular formula is C14H9Cl3F3NO4S. The van der Waals surface area contributed by atoms with Gasteiger partial charge in [-0.1, -0.05) is 34.8 Å². The number of halogens is 6. The number of anilines is 1. The fourth-order valence-corrected chi connectivity index (χ4v) is 3.40. The van der Waals surface area contributed by atoms with Gasteiger partial charge in [-0.3, -0.25) is 0 Å². The number of nitrogens with one attached hydrogen (secondary N) is 1. The summed E-state index contributed by atoms with van der Waals surface area (Å²) in [4.78, 5) is 23.3. The lowest BCUT2D eigenvalue weighted by Gasteiger charge is -2.29. The summed E-state index contributed by atoms with van der Waals surface area (Å²) in [6.07, 6.45) is 0.917. The lowest BCUT2D eigenvalue weighted by molar-refractivity contribution is -0.222. The van der Waals surface area contributed by atoms with Gasteiger partial charge in [0.1, 0.15) is 0 Å². The molecule has 0 amide bonds. The number of esters is 2. The van der Waals surface area contributed by atoms with E-state index >= 15 is 0 Å². The number of hydrogen-bond acceptors (Lipinski definition) is 6. The van der Waals surface area contributed by atoms with Crippen molar-refractivity contribution in [3.8, 4) is 0 Å². The van der Waals surface area contributed by atoms with Gasteiger partial charge < -0.3 is 14.8 Å². The molecule has 0 aliphatic carbocycles. The standard InChI is InChI=1S/C14H9Cl3F3NO4S/c1-13(2)24-11(22)5(12(23)25-13)4-21-10-6(15)3-7(8(16)9(10)17)26-14(18,19)20/h3-4,21H,1-2H3. The van der Waals surface area contributed by atoms with E-state index in [9.17, 15) is 22.8 Å². The number of rotatable bonds is 3. The topological polar surface area (TPSA) is 64.6 Å². The average molecular weight is 451 g/mol. The SMILES string of the molecule is CC1(C)OC(=O)C(=CNc2c(Cl)cc(SC(F)(F)F)c(Cl)c2Cl)C(=O)O1. The van der Waals surface area contributed by atoms with Crippen LogP contribution in [-0.2, 0) is 19.1 Å². The van der Waals surface area contributed by atoms with Crippen molar-refractivity contribution in [2.24, 2.45) is 0 Å². The summed E-state index contributed by atoms with van der Waals surface area (Å²) in [6, 6.07) is 0.954. The highest BCUT2D eigenvalue weighted by Gasteiger charge is 2.39. The maximum atomic E-state index is 12.5. The van der Waals surface area contributed by atoms with Crippen LogP contribution in [0, 0.1) is 0 Å². The third kappa shape index (κ3) is 4.91. The molecule has 0 radical (unpaired) electrons. The average Bonchev–Trinajstić information content (AvgIpc) is 2.44. The van der Waals surface area contributed by atoms with Crippen LogP contribution >= 0.6 is 46.6 Å². The summed E-state index contributed by atoms with van der Waals surface area (Å²) >= 11 is 17.2. The van der Waals surface area contributed by atoms with E-state index in [-0.39, 0.29) is 15.7 Å². The van der Waals surface area contributed by atoms with Crippen molar-refractivity contribution in [2.45, 2.75) is 30.0 Å². The van der Waals surface area contributed by atoms with Gasteiger partial charge in [-0.05, 0) is 17.8 Å². The highest BCUT2D eigenvalue weighted by atomic mass is 35.5. The highest BCUT2D eigenvalue weighted by molar-refractivity contribution is 8.00. The number of benzene rings is 1. The Bertz CT molecular complexity index is 790. The van der Waals surface area contributed by atoms with Crippen molar-refractivity contribution in [1.82, 2.24) is 0 Å². The first kappa shape index (κ1) is 21.0. The molecule has 26 heavy (non-hydrogen) atoms. The fraction of sp³-hybridized carbons (Fsp3) is 0.286. The molecule has 1 heterocycles. The summed E-state index contributed by atoms with van der Waals surface area (Å²) < 4.78 is 47.3. The second-order valence-electron chi connectivity index (χ2n) is 5.29. The van der Waals surface area contributed by atoms with E-state index in [0.29, 0.717) is 0 Å². The smallest absolute Gasteiger partial charge is 0.419 e. The van der Waals surface area contributed by atoms with Crippen LogP contribution in [0.3, 0.4) is 0 Å². The van der Waals surface area contributed by atoms with E-state index in [1.807, 2.05) is 0 Å². The Morgan fingerprint density at radius 3 is 2.15 bits per heavy atom. The van der Waals surface area contributed by atoms with Crippen LogP contribution < -0.4 is 5.32 Å². The van der Waals surface area contributed by atoms with E-state index < -0.39 is 50.5 Å². The summed E-state index contributed by atoms with van der Waals surface area (Å²) in [5.41, 5.74) is -5.17. The fourth-order valence-electron chi connectivity index (χ4n) is 1.83. The van der Waals surface area contributed by atoms with Crippen molar-refractivity contribution in [3.63, 3.8) is 0 Å². The predicted molar refractivity (Wildman–Crippen MR) is 91.4 cm³/mol. The van der Waals surface area contributed by atoms with Crippen molar-refractivity contribution in [2.75, 3.05) is 5.32 Å². The van der Waals surface area contributed by atoms with E-state index in [4.69, 9.17) is 44.3 Å². The number of thioether (sulfide) groups is 1. The van der Waals surface area contributed by atoms with Gasteiger partial charge in [0.25, 0.3) is 5.79 Å². The maximum absolute atomic E-state index is 12.5. The van der Waals surface area contributed by atoms with Gasteiger partial charge in [0, 0.05) is 24.9 Å². The van der Waals surface area contributed by atoms with Crippen LogP contribution in [0.2, 0.25) is 15.1 Å². The zero-order valence-electron chi connectivity index (χ0n) is 13.0. The van der Waals surface area contributed by atoms with Crippen molar-refractivity contribution in [1.29, 1.82) is 0 Å². The summed E-state index contributed by atoms with van der Waals surface area (Å²) in [5, 5.41) is 1.55. The Labute approximate surface area is 164 Å². The molecule has 2 rings (SSSR count). The number of ether oxygens (including phenoxy) is 2. The van der Waals surface area contributed by atoms with Gasteiger partial charge in [-0.25, -0.2) is 9.59 Å². The minimum atomic E-state index is -4.59. The third-order valence-corrected chi connectivity index (χ3v) is 4.88. The van der Waals surface area contributed by atoms with Gasteiger partial charge in [0.05, 0.1) is 20.8 Å². The molecule has 12 heteroatoms. The van der Waals surface area contributed by atoms with Crippen molar-refractivity contribution in [3.05, 3.63) is 32.9 Å². The van der Waals surface area contributed by atoms with E-state index in [1.165, 1.54) is 13.8 Å². The lowest BCUT2D eigenvalue weighted by atomic mass is 10.2. The Morgan fingerprint density at radius 2 is 1.65 bits per heavy atom. The first-order valence-corrected chi connectivity index (χ1v) is 8.62. The number of carbonyl (C=O) groups excluding carboxylic acids is 2. The predicted octanol–water partition coefficient (Wildman–Crippen LogP) is 5.39. The molecule has 142 valence electrons.